The minimum absolute atomic E-state index is 0.151. The van der Waals surface area contributed by atoms with Crippen molar-refractivity contribution in [1.29, 1.82) is 0 Å². The molecule has 156 valence electrons. The Kier molecular flexibility index (Phi) is 5.19. The summed E-state index contributed by atoms with van der Waals surface area (Å²) < 4.78 is 0. The van der Waals surface area contributed by atoms with Crippen LogP contribution in [0.3, 0.4) is 0 Å². The van der Waals surface area contributed by atoms with Crippen LogP contribution < -0.4 is 10.6 Å². The van der Waals surface area contributed by atoms with E-state index in [0.717, 1.165) is 34.6 Å². The normalized spacial score (nSPS) is 20.3. The lowest BCUT2D eigenvalue weighted by atomic mass is 9.89. The van der Waals surface area contributed by atoms with Gasteiger partial charge in [0.2, 0.25) is 5.91 Å². The van der Waals surface area contributed by atoms with Gasteiger partial charge in [0.05, 0.1) is 18.0 Å². The highest BCUT2D eigenvalue weighted by Crippen LogP contribution is 2.32. The van der Waals surface area contributed by atoms with E-state index >= 15 is 0 Å². The number of rotatable bonds is 6. The number of nitrogens with one attached hydrogen (secondary N) is 2. The molecule has 0 spiro atoms. The second kappa shape index (κ2) is 7.68. The number of imide groups is 1. The summed E-state index contributed by atoms with van der Waals surface area (Å²) >= 11 is 1.24. The fourth-order valence-electron chi connectivity index (χ4n) is 3.97. The zero-order valence-electron chi connectivity index (χ0n) is 16.9. The van der Waals surface area contributed by atoms with Crippen molar-refractivity contribution in [3.63, 3.8) is 0 Å². The van der Waals surface area contributed by atoms with E-state index in [4.69, 9.17) is 0 Å². The van der Waals surface area contributed by atoms with Crippen molar-refractivity contribution in [2.75, 3.05) is 6.54 Å². The average Bonchev–Trinajstić information content (AvgIpc) is 3.41. The number of fused-ring (bicyclic) bond motifs is 1. The Bertz CT molecular complexity index is 1060. The van der Waals surface area contributed by atoms with Crippen molar-refractivity contribution < 1.29 is 19.2 Å². The van der Waals surface area contributed by atoms with Crippen LogP contribution in [-0.2, 0) is 34.5 Å². The molecule has 1 unspecified atom stereocenters. The fourth-order valence-corrected chi connectivity index (χ4v) is 4.85. The smallest absolute Gasteiger partial charge is 0.325 e. The molecule has 7 nitrogen and oxygen atoms in total. The maximum absolute atomic E-state index is 13.1. The lowest BCUT2D eigenvalue weighted by Gasteiger charge is -2.23. The van der Waals surface area contributed by atoms with Crippen LogP contribution in [0.15, 0.2) is 30.3 Å². The lowest BCUT2D eigenvalue weighted by Crippen LogP contribution is -2.41. The SMILES string of the molecule is CC(=O)NCc1ccc(C(=O)CN2C(=O)NC(C)(c3ccc4c(c3)CCC4)C2=O)s1. The molecule has 2 heterocycles. The summed E-state index contributed by atoms with van der Waals surface area (Å²) in [5.74, 6) is -0.883. The summed E-state index contributed by atoms with van der Waals surface area (Å²) in [7, 11) is 0. The molecule has 1 aliphatic heterocycles. The van der Waals surface area contributed by atoms with Gasteiger partial charge < -0.3 is 10.6 Å². The molecule has 0 bridgehead atoms. The zero-order valence-corrected chi connectivity index (χ0v) is 17.7. The predicted octanol–water partition coefficient (Wildman–Crippen LogP) is 2.52. The number of nitrogens with zero attached hydrogens (tertiary/aromatic N) is 1. The average molecular weight is 426 g/mol. The topological polar surface area (TPSA) is 95.6 Å². The van der Waals surface area contributed by atoms with Crippen molar-refractivity contribution in [3.8, 4) is 0 Å². The lowest BCUT2D eigenvalue weighted by molar-refractivity contribution is -0.130. The Labute approximate surface area is 178 Å². The molecule has 30 heavy (non-hydrogen) atoms. The van der Waals surface area contributed by atoms with E-state index in [2.05, 4.69) is 10.6 Å². The number of benzene rings is 1. The van der Waals surface area contributed by atoms with Crippen LogP contribution in [0.2, 0.25) is 0 Å². The summed E-state index contributed by atoms with van der Waals surface area (Å²) in [6.07, 6.45) is 3.11. The molecule has 1 atom stereocenters. The van der Waals surface area contributed by atoms with Gasteiger partial charge in [0.1, 0.15) is 5.54 Å². The second-order valence-corrected chi connectivity index (χ2v) is 9.05. The maximum atomic E-state index is 13.1. The molecule has 1 aliphatic carbocycles. The number of urea groups is 1. The zero-order chi connectivity index (χ0) is 21.5. The van der Waals surface area contributed by atoms with E-state index in [1.165, 1.54) is 29.4 Å². The van der Waals surface area contributed by atoms with Gasteiger partial charge in [-0.3, -0.25) is 19.3 Å². The Morgan fingerprint density at radius 1 is 1.17 bits per heavy atom. The quantitative estimate of drug-likeness (QED) is 0.549. The third-order valence-electron chi connectivity index (χ3n) is 5.70. The molecule has 0 saturated carbocycles. The van der Waals surface area contributed by atoms with Gasteiger partial charge in [-0.05, 0) is 55.0 Å². The summed E-state index contributed by atoms with van der Waals surface area (Å²) in [5, 5.41) is 5.45. The van der Waals surface area contributed by atoms with Gasteiger partial charge in [-0.1, -0.05) is 18.2 Å². The molecule has 2 N–H and O–H groups in total. The highest BCUT2D eigenvalue weighted by Gasteiger charge is 2.49. The number of ketones is 1. The fraction of sp³-hybridized carbons (Fsp3) is 0.364. The molecule has 2 aliphatic rings. The number of hydrogen-bond acceptors (Lipinski definition) is 5. The van der Waals surface area contributed by atoms with Crippen LogP contribution in [0, 0.1) is 0 Å². The second-order valence-electron chi connectivity index (χ2n) is 7.88. The third kappa shape index (κ3) is 3.63. The molecule has 0 radical (unpaired) electrons. The summed E-state index contributed by atoms with van der Waals surface area (Å²) in [5.41, 5.74) is 2.07. The molecule has 1 saturated heterocycles. The Hall–Kier alpha value is -3.00. The Balaban J connectivity index is 1.49. The van der Waals surface area contributed by atoms with E-state index in [1.807, 2.05) is 18.2 Å². The van der Waals surface area contributed by atoms with Crippen molar-refractivity contribution >= 4 is 35.0 Å². The molecule has 4 amide bonds. The number of aryl methyl sites for hydroxylation is 2. The number of thiophene rings is 1. The number of amides is 4. The first kappa shape index (κ1) is 20.3. The van der Waals surface area contributed by atoms with Gasteiger partial charge in [-0.25, -0.2) is 4.79 Å². The summed E-state index contributed by atoms with van der Waals surface area (Å²) in [6, 6.07) is 8.77. The van der Waals surface area contributed by atoms with E-state index in [1.54, 1.807) is 19.1 Å². The molecule has 8 heteroatoms. The standard InChI is InChI=1S/C22H23N3O4S/c1-13(26)23-11-17-8-9-19(30-17)18(27)12-25-20(28)22(2,24-21(25)29)16-7-6-14-4-3-5-15(14)10-16/h6-10H,3-5,11-12H2,1-2H3,(H,23,26)(H,24,29). The van der Waals surface area contributed by atoms with Gasteiger partial charge in [0.25, 0.3) is 5.91 Å². The molecule has 1 aromatic heterocycles. The first-order chi connectivity index (χ1) is 14.3. The number of carbonyl (C=O) groups excluding carboxylic acids is 4. The van der Waals surface area contributed by atoms with Crippen LogP contribution in [-0.4, -0.2) is 35.1 Å². The Morgan fingerprint density at radius 2 is 1.93 bits per heavy atom. The summed E-state index contributed by atoms with van der Waals surface area (Å²) in [4.78, 5) is 51.7. The largest absolute Gasteiger partial charge is 0.351 e. The van der Waals surface area contributed by atoms with Gasteiger partial charge in [0, 0.05) is 11.8 Å². The van der Waals surface area contributed by atoms with Crippen molar-refractivity contribution in [2.24, 2.45) is 0 Å². The molecular weight excluding hydrogens is 402 g/mol. The van der Waals surface area contributed by atoms with Crippen LogP contribution in [0.4, 0.5) is 4.79 Å². The minimum Gasteiger partial charge on any atom is -0.351 e. The van der Waals surface area contributed by atoms with Crippen molar-refractivity contribution in [1.82, 2.24) is 15.5 Å². The Morgan fingerprint density at radius 3 is 2.70 bits per heavy atom. The van der Waals surface area contributed by atoms with Gasteiger partial charge in [-0.2, -0.15) is 0 Å². The van der Waals surface area contributed by atoms with Crippen LogP contribution in [0.5, 0.6) is 0 Å². The first-order valence-corrected chi connectivity index (χ1v) is 10.7. The van der Waals surface area contributed by atoms with E-state index < -0.39 is 17.5 Å². The van der Waals surface area contributed by atoms with Crippen LogP contribution in [0.1, 0.15) is 51.5 Å². The van der Waals surface area contributed by atoms with E-state index in [0.29, 0.717) is 11.4 Å². The minimum atomic E-state index is -1.18. The molecule has 2 aromatic rings. The van der Waals surface area contributed by atoms with Crippen molar-refractivity contribution in [3.05, 3.63) is 56.8 Å². The molecule has 1 aromatic carbocycles. The number of carbonyl (C=O) groups is 4. The molecule has 1 fully saturated rings. The number of Topliss-reactive ketones (excluding diaryl/α,β-unsaturated/α-hetero) is 1. The predicted molar refractivity (Wildman–Crippen MR) is 112 cm³/mol. The monoisotopic (exact) mass is 425 g/mol. The van der Waals surface area contributed by atoms with Gasteiger partial charge in [0.15, 0.2) is 5.78 Å². The highest BCUT2D eigenvalue weighted by molar-refractivity contribution is 7.14. The first-order valence-electron chi connectivity index (χ1n) is 9.90. The summed E-state index contributed by atoms with van der Waals surface area (Å²) in [6.45, 7) is 3.14. The van der Waals surface area contributed by atoms with Crippen LogP contribution >= 0.6 is 11.3 Å². The van der Waals surface area contributed by atoms with Gasteiger partial charge >= 0.3 is 6.03 Å². The highest BCUT2D eigenvalue weighted by atomic mass is 32.1. The van der Waals surface area contributed by atoms with Gasteiger partial charge in [-0.15, -0.1) is 11.3 Å². The molecule has 4 rings (SSSR count). The maximum Gasteiger partial charge on any atom is 0.325 e. The van der Waals surface area contributed by atoms with Crippen molar-refractivity contribution in [2.45, 2.75) is 45.2 Å². The van der Waals surface area contributed by atoms with Crippen LogP contribution in [0.25, 0.3) is 0 Å². The van der Waals surface area contributed by atoms with E-state index in [-0.39, 0.29) is 18.2 Å². The number of hydrogen-bond donors (Lipinski definition) is 2. The molecular formula is C22H23N3O4S. The third-order valence-corrected chi connectivity index (χ3v) is 6.83. The van der Waals surface area contributed by atoms with E-state index in [9.17, 15) is 19.2 Å².